The summed E-state index contributed by atoms with van der Waals surface area (Å²) in [6.45, 7) is 5.28. The van der Waals surface area contributed by atoms with E-state index in [0.29, 0.717) is 17.7 Å². The maximum absolute atomic E-state index is 6.42. The van der Waals surface area contributed by atoms with Crippen LogP contribution in [0.5, 0.6) is 11.6 Å². The van der Waals surface area contributed by atoms with Gasteiger partial charge in [-0.2, -0.15) is 5.10 Å². The second-order valence-corrected chi connectivity index (χ2v) is 8.93. The third-order valence-corrected chi connectivity index (χ3v) is 6.68. The van der Waals surface area contributed by atoms with Crippen LogP contribution in [0.1, 0.15) is 30.0 Å². The summed E-state index contributed by atoms with van der Waals surface area (Å²) in [4.78, 5) is 6.99. The molecule has 1 aliphatic carbocycles. The minimum Gasteiger partial charge on any atom is -0.497 e. The molecule has 2 aliphatic rings. The van der Waals surface area contributed by atoms with Gasteiger partial charge in [0.15, 0.2) is 0 Å². The topological polar surface area (TPSA) is 52.4 Å². The summed E-state index contributed by atoms with van der Waals surface area (Å²) in [6, 6.07) is 14.5. The van der Waals surface area contributed by atoms with Crippen LogP contribution < -0.4 is 9.47 Å². The van der Waals surface area contributed by atoms with Crippen LogP contribution in [0.25, 0.3) is 0 Å². The Labute approximate surface area is 183 Å². The number of hydrogen-bond acceptors (Lipinski definition) is 5. The van der Waals surface area contributed by atoms with Crippen LogP contribution in [0.4, 0.5) is 0 Å². The highest BCUT2D eigenvalue weighted by Gasteiger charge is 2.44. The van der Waals surface area contributed by atoms with Gasteiger partial charge < -0.3 is 9.47 Å². The molecule has 0 bridgehead atoms. The summed E-state index contributed by atoms with van der Waals surface area (Å²) >= 11 is 0. The lowest BCUT2D eigenvalue weighted by molar-refractivity contribution is 0.0459. The Bertz CT molecular complexity index is 1010. The van der Waals surface area contributed by atoms with Crippen LogP contribution in [0.15, 0.2) is 61.1 Å². The highest BCUT2D eigenvalue weighted by atomic mass is 16.5. The Kier molecular flexibility index (Phi) is 5.64. The Balaban J connectivity index is 1.32. The van der Waals surface area contributed by atoms with E-state index in [2.05, 4.69) is 51.0 Å². The van der Waals surface area contributed by atoms with Gasteiger partial charge >= 0.3 is 0 Å². The molecule has 1 saturated carbocycles. The first kappa shape index (κ1) is 20.1. The van der Waals surface area contributed by atoms with E-state index in [1.54, 1.807) is 13.3 Å². The number of ether oxygens (including phenoxy) is 2. The zero-order valence-electron chi connectivity index (χ0n) is 18.2. The maximum Gasteiger partial charge on any atom is 0.213 e. The van der Waals surface area contributed by atoms with E-state index >= 15 is 0 Å². The summed E-state index contributed by atoms with van der Waals surface area (Å²) in [6.07, 6.45) is 8.06. The monoisotopic (exact) mass is 418 g/mol. The van der Waals surface area contributed by atoms with Gasteiger partial charge in [0.2, 0.25) is 5.88 Å². The van der Waals surface area contributed by atoms with Crippen molar-refractivity contribution in [1.82, 2.24) is 19.7 Å². The molecule has 31 heavy (non-hydrogen) atoms. The number of fused-ring (bicyclic) bond motifs is 1. The molecule has 162 valence electrons. The third kappa shape index (κ3) is 4.44. The van der Waals surface area contributed by atoms with Crippen molar-refractivity contribution in [2.75, 3.05) is 20.2 Å². The van der Waals surface area contributed by atoms with Crippen molar-refractivity contribution < 1.29 is 9.47 Å². The lowest BCUT2D eigenvalue weighted by atomic mass is 9.77. The SMILES string of the molecule is COc1cccc(CN2C[C@H]3C[C@H](Oc4ccccn4)[C@@H](n4cc(C)cn4)C[C@H]3C2)c1. The molecular formula is C25H30N4O2. The fraction of sp³-hybridized carbons (Fsp3) is 0.440. The van der Waals surface area contributed by atoms with E-state index in [0.717, 1.165) is 38.2 Å². The molecule has 2 fully saturated rings. The molecule has 0 spiro atoms. The average molecular weight is 419 g/mol. The van der Waals surface area contributed by atoms with Crippen LogP contribution in [0.2, 0.25) is 0 Å². The fourth-order valence-corrected chi connectivity index (χ4v) is 5.24. The van der Waals surface area contributed by atoms with Gasteiger partial charge in [-0.25, -0.2) is 4.98 Å². The molecule has 6 nitrogen and oxygen atoms in total. The first-order chi connectivity index (χ1) is 15.2. The van der Waals surface area contributed by atoms with Crippen molar-refractivity contribution in [3.05, 3.63) is 72.2 Å². The zero-order valence-corrected chi connectivity index (χ0v) is 18.2. The van der Waals surface area contributed by atoms with Gasteiger partial charge in [-0.05, 0) is 60.9 Å². The van der Waals surface area contributed by atoms with E-state index in [9.17, 15) is 0 Å². The number of aromatic nitrogens is 3. The molecule has 3 heterocycles. The molecule has 1 saturated heterocycles. The first-order valence-electron chi connectivity index (χ1n) is 11.1. The Morgan fingerprint density at radius 3 is 2.68 bits per heavy atom. The van der Waals surface area contributed by atoms with E-state index in [4.69, 9.17) is 9.47 Å². The van der Waals surface area contributed by atoms with Gasteiger partial charge in [-0.1, -0.05) is 18.2 Å². The highest BCUT2D eigenvalue weighted by molar-refractivity contribution is 5.28. The molecule has 2 aromatic heterocycles. The van der Waals surface area contributed by atoms with Gasteiger partial charge in [0.05, 0.1) is 19.3 Å². The van der Waals surface area contributed by atoms with Crippen LogP contribution in [-0.2, 0) is 6.54 Å². The van der Waals surface area contributed by atoms with E-state index < -0.39 is 0 Å². The van der Waals surface area contributed by atoms with Gasteiger partial charge in [0, 0.05) is 38.1 Å². The summed E-state index contributed by atoms with van der Waals surface area (Å²) in [7, 11) is 1.72. The predicted molar refractivity (Wildman–Crippen MR) is 119 cm³/mol. The van der Waals surface area contributed by atoms with Crippen molar-refractivity contribution in [2.45, 2.75) is 38.5 Å². The minimum atomic E-state index is 0.0761. The summed E-state index contributed by atoms with van der Waals surface area (Å²) in [5.41, 5.74) is 2.49. The van der Waals surface area contributed by atoms with Gasteiger partial charge in [0.25, 0.3) is 0 Å². The van der Waals surface area contributed by atoms with Crippen molar-refractivity contribution in [3.63, 3.8) is 0 Å². The van der Waals surface area contributed by atoms with Crippen LogP contribution >= 0.6 is 0 Å². The largest absolute Gasteiger partial charge is 0.497 e. The molecule has 5 rings (SSSR count). The molecule has 1 aliphatic heterocycles. The molecule has 4 atom stereocenters. The molecule has 6 heteroatoms. The molecule has 1 aromatic carbocycles. The number of aryl methyl sites for hydroxylation is 1. The van der Waals surface area contributed by atoms with Gasteiger partial charge in [0.1, 0.15) is 11.9 Å². The number of pyridine rings is 1. The quantitative estimate of drug-likeness (QED) is 0.603. The second kappa shape index (κ2) is 8.71. The number of hydrogen-bond donors (Lipinski definition) is 0. The average Bonchev–Trinajstić information content (AvgIpc) is 3.39. The lowest BCUT2D eigenvalue weighted by Crippen LogP contribution is -2.40. The molecule has 0 N–H and O–H groups in total. The number of methoxy groups -OCH3 is 1. The Hall–Kier alpha value is -2.86. The number of likely N-dealkylation sites (tertiary alicyclic amines) is 1. The van der Waals surface area contributed by atoms with Crippen molar-refractivity contribution in [1.29, 1.82) is 0 Å². The third-order valence-electron chi connectivity index (χ3n) is 6.68. The molecule has 0 amide bonds. The van der Waals surface area contributed by atoms with E-state index in [-0.39, 0.29) is 12.1 Å². The number of nitrogens with zero attached hydrogens (tertiary/aromatic N) is 4. The molecule has 3 aromatic rings. The molecule has 0 unspecified atom stereocenters. The number of rotatable bonds is 6. The normalized spacial score (nSPS) is 25.9. The fourth-order valence-electron chi connectivity index (χ4n) is 5.24. The van der Waals surface area contributed by atoms with Crippen molar-refractivity contribution in [2.24, 2.45) is 11.8 Å². The Morgan fingerprint density at radius 2 is 1.94 bits per heavy atom. The highest BCUT2D eigenvalue weighted by Crippen LogP contribution is 2.43. The maximum atomic E-state index is 6.42. The number of benzene rings is 1. The lowest BCUT2D eigenvalue weighted by Gasteiger charge is -2.37. The Morgan fingerprint density at radius 1 is 1.06 bits per heavy atom. The molecular weight excluding hydrogens is 388 g/mol. The minimum absolute atomic E-state index is 0.0761. The standard InChI is InChI=1S/C25H30N4O2/c1-18-13-27-29(14-18)23-11-20-16-28(15-19-6-5-7-22(10-19)30-2)17-21(20)12-24(23)31-25-8-3-4-9-26-25/h3-10,13-14,20-21,23-24H,11-12,15-17H2,1-2H3/t20-,21+,23-,24-/m0/s1. The van der Waals surface area contributed by atoms with Gasteiger partial charge in [-0.3, -0.25) is 9.58 Å². The van der Waals surface area contributed by atoms with Crippen LogP contribution in [0, 0.1) is 18.8 Å². The zero-order chi connectivity index (χ0) is 21.2. The summed E-state index contributed by atoms with van der Waals surface area (Å²) in [5.74, 6) is 2.91. The molecule has 0 radical (unpaired) electrons. The summed E-state index contributed by atoms with van der Waals surface area (Å²) in [5, 5.41) is 4.64. The summed E-state index contributed by atoms with van der Waals surface area (Å²) < 4.78 is 13.9. The van der Waals surface area contributed by atoms with Crippen LogP contribution in [-0.4, -0.2) is 46.0 Å². The first-order valence-corrected chi connectivity index (χ1v) is 11.1. The van der Waals surface area contributed by atoms with E-state index in [1.807, 2.05) is 30.5 Å². The van der Waals surface area contributed by atoms with Crippen molar-refractivity contribution in [3.8, 4) is 11.6 Å². The van der Waals surface area contributed by atoms with Crippen molar-refractivity contribution >= 4 is 0 Å². The van der Waals surface area contributed by atoms with Gasteiger partial charge in [-0.15, -0.1) is 0 Å². The van der Waals surface area contributed by atoms with E-state index in [1.165, 1.54) is 11.1 Å². The smallest absolute Gasteiger partial charge is 0.213 e. The second-order valence-electron chi connectivity index (χ2n) is 8.93. The predicted octanol–water partition coefficient (Wildman–Crippen LogP) is 4.13. The van der Waals surface area contributed by atoms with Crippen LogP contribution in [0.3, 0.4) is 0 Å².